The van der Waals surface area contributed by atoms with Gasteiger partial charge in [-0.25, -0.2) is 0 Å². The third-order valence-corrected chi connectivity index (χ3v) is 11.1. The second-order valence-corrected chi connectivity index (χ2v) is 14.3. The maximum Gasteiger partial charge on any atom is 0.135 e. The van der Waals surface area contributed by atoms with E-state index in [0.29, 0.717) is 0 Å². The molecule has 0 aliphatic heterocycles. The van der Waals surface area contributed by atoms with E-state index >= 15 is 0 Å². The molecule has 8 aromatic rings. The van der Waals surface area contributed by atoms with Gasteiger partial charge in [0.25, 0.3) is 0 Å². The highest BCUT2D eigenvalue weighted by Crippen LogP contribution is 2.39. The standard InChI is InChI=1S/C51H44N4O/c1-4-15-46(54-51(40-20-9-12-21-44(40)52)35-26-29-50-43(32-35)39-19-11-14-23-49(39)56-50)37(5-2)41-30-33(24-27-45(41)53-3)34-25-28-48-42(31-34)38-18-10-13-22-47(38)55(48)36-16-7-6-8-17-36/h4-23,25-26,28-32,51,53-54H,2,24,27,52H2,1,3H3/b15-4-,46-37-. The van der Waals surface area contributed by atoms with E-state index in [0.717, 1.165) is 74.1 Å². The normalized spacial score (nSPS) is 14.4. The van der Waals surface area contributed by atoms with Crippen molar-refractivity contribution in [3.8, 4) is 5.69 Å². The number of benzene rings is 6. The Labute approximate surface area is 327 Å². The summed E-state index contributed by atoms with van der Waals surface area (Å²) < 4.78 is 8.57. The Morgan fingerprint density at radius 2 is 1.48 bits per heavy atom. The van der Waals surface area contributed by atoms with Crippen LogP contribution in [0.3, 0.4) is 0 Å². The number of para-hydroxylation sites is 4. The zero-order valence-electron chi connectivity index (χ0n) is 31.7. The van der Waals surface area contributed by atoms with E-state index in [4.69, 9.17) is 10.2 Å². The minimum absolute atomic E-state index is 0.259. The van der Waals surface area contributed by atoms with Gasteiger partial charge in [0.15, 0.2) is 0 Å². The van der Waals surface area contributed by atoms with Gasteiger partial charge in [0.1, 0.15) is 11.2 Å². The van der Waals surface area contributed by atoms with Crippen LogP contribution >= 0.6 is 0 Å². The molecular weight excluding hydrogens is 685 g/mol. The molecule has 0 spiro atoms. The van der Waals surface area contributed by atoms with Crippen molar-refractivity contribution < 1.29 is 4.42 Å². The van der Waals surface area contributed by atoms with E-state index in [1.165, 1.54) is 38.6 Å². The number of anilines is 1. The van der Waals surface area contributed by atoms with Gasteiger partial charge in [-0.15, -0.1) is 0 Å². The summed E-state index contributed by atoms with van der Waals surface area (Å²) in [5, 5.41) is 12.2. The topological polar surface area (TPSA) is 68.2 Å². The van der Waals surface area contributed by atoms with Crippen molar-refractivity contribution in [2.75, 3.05) is 12.8 Å². The Morgan fingerprint density at radius 1 is 0.750 bits per heavy atom. The fourth-order valence-corrected chi connectivity index (χ4v) is 8.42. The molecule has 56 heavy (non-hydrogen) atoms. The summed E-state index contributed by atoms with van der Waals surface area (Å²) in [5.74, 6) is 0. The third-order valence-electron chi connectivity index (χ3n) is 11.1. The Hall–Kier alpha value is -6.98. The molecule has 6 aromatic carbocycles. The summed E-state index contributed by atoms with van der Waals surface area (Å²) in [6.45, 7) is 6.44. The van der Waals surface area contributed by atoms with Crippen molar-refractivity contribution in [1.29, 1.82) is 0 Å². The van der Waals surface area contributed by atoms with Crippen LogP contribution < -0.4 is 16.4 Å². The van der Waals surface area contributed by atoms with Gasteiger partial charge >= 0.3 is 0 Å². The van der Waals surface area contributed by atoms with Crippen LogP contribution in [0.1, 0.15) is 42.5 Å². The zero-order valence-corrected chi connectivity index (χ0v) is 31.7. The molecule has 1 unspecified atom stereocenters. The molecule has 5 nitrogen and oxygen atoms in total. The molecule has 5 heteroatoms. The summed E-state index contributed by atoms with van der Waals surface area (Å²) in [4.78, 5) is 0. The van der Waals surface area contributed by atoms with Crippen LogP contribution in [0.4, 0.5) is 5.69 Å². The van der Waals surface area contributed by atoms with Gasteiger partial charge < -0.3 is 25.4 Å². The highest BCUT2D eigenvalue weighted by Gasteiger charge is 2.23. The maximum atomic E-state index is 6.73. The van der Waals surface area contributed by atoms with Gasteiger partial charge in [-0.2, -0.15) is 0 Å². The Bertz CT molecular complexity index is 2920. The van der Waals surface area contributed by atoms with Crippen molar-refractivity contribution >= 4 is 55.0 Å². The number of rotatable bonds is 10. The van der Waals surface area contributed by atoms with Crippen LogP contribution in [-0.2, 0) is 0 Å². The molecule has 9 rings (SSSR count). The zero-order chi connectivity index (χ0) is 38.2. The quantitative estimate of drug-likeness (QED) is 0.0969. The molecule has 0 saturated carbocycles. The first-order valence-corrected chi connectivity index (χ1v) is 19.3. The summed E-state index contributed by atoms with van der Waals surface area (Å²) >= 11 is 0. The lowest BCUT2D eigenvalue weighted by atomic mass is 9.87. The first-order valence-electron chi connectivity index (χ1n) is 19.3. The fraction of sp³-hybridized carbons (Fsp3) is 0.0980. The molecule has 0 saturated heterocycles. The van der Waals surface area contributed by atoms with E-state index in [9.17, 15) is 0 Å². The number of furan rings is 1. The van der Waals surface area contributed by atoms with Gasteiger partial charge in [-0.1, -0.05) is 104 Å². The minimum Gasteiger partial charge on any atom is -0.456 e. The number of nitrogens with one attached hydrogen (secondary N) is 2. The third kappa shape index (κ3) is 6.08. The molecule has 0 fully saturated rings. The smallest absolute Gasteiger partial charge is 0.135 e. The summed E-state index contributed by atoms with van der Waals surface area (Å²) in [7, 11) is 2.01. The number of fused-ring (bicyclic) bond motifs is 6. The fourth-order valence-electron chi connectivity index (χ4n) is 8.42. The van der Waals surface area contributed by atoms with Crippen molar-refractivity contribution in [1.82, 2.24) is 15.2 Å². The number of hydrogen-bond donors (Lipinski definition) is 3. The van der Waals surface area contributed by atoms with E-state index in [1.807, 2.05) is 43.5 Å². The number of nitrogens with two attached hydrogens (primary N) is 1. The molecule has 2 aromatic heterocycles. The number of aromatic nitrogens is 1. The lowest BCUT2D eigenvalue weighted by molar-refractivity contribution is 0.667. The molecule has 4 N–H and O–H groups in total. The molecule has 0 amide bonds. The Balaban J connectivity index is 1.17. The molecule has 1 aliphatic carbocycles. The largest absolute Gasteiger partial charge is 0.456 e. The van der Waals surface area contributed by atoms with Gasteiger partial charge in [0.05, 0.1) is 17.1 Å². The molecule has 0 radical (unpaired) electrons. The van der Waals surface area contributed by atoms with Crippen LogP contribution in [0.2, 0.25) is 0 Å². The van der Waals surface area contributed by atoms with Crippen LogP contribution in [0.15, 0.2) is 197 Å². The van der Waals surface area contributed by atoms with Crippen molar-refractivity contribution in [2.24, 2.45) is 0 Å². The van der Waals surface area contributed by atoms with Crippen molar-refractivity contribution in [3.63, 3.8) is 0 Å². The van der Waals surface area contributed by atoms with Gasteiger partial charge in [-0.3, -0.25) is 0 Å². The van der Waals surface area contributed by atoms with Crippen LogP contribution in [0.25, 0.3) is 55.0 Å². The molecule has 2 heterocycles. The highest BCUT2D eigenvalue weighted by molar-refractivity contribution is 6.10. The van der Waals surface area contributed by atoms with Crippen LogP contribution in [0, 0.1) is 0 Å². The van der Waals surface area contributed by atoms with Crippen molar-refractivity contribution in [3.05, 3.63) is 210 Å². The highest BCUT2D eigenvalue weighted by atomic mass is 16.3. The molecule has 1 aliphatic rings. The molecular formula is C51H44N4O. The predicted molar refractivity (Wildman–Crippen MR) is 236 cm³/mol. The van der Waals surface area contributed by atoms with Gasteiger partial charge in [0, 0.05) is 68.1 Å². The number of hydrogen-bond acceptors (Lipinski definition) is 4. The van der Waals surface area contributed by atoms with Gasteiger partial charge in [0.2, 0.25) is 0 Å². The first kappa shape index (κ1) is 34.8. The second-order valence-electron chi connectivity index (χ2n) is 14.3. The van der Waals surface area contributed by atoms with Crippen LogP contribution in [0.5, 0.6) is 0 Å². The number of nitrogens with zero attached hydrogens (tertiary/aromatic N) is 1. The number of allylic oxidation sites excluding steroid dienone is 8. The number of nitrogen functional groups attached to an aromatic ring is 1. The molecule has 1 atom stereocenters. The monoisotopic (exact) mass is 728 g/mol. The SMILES string of the molecule is C=C/C(C1=C(NC)CCC(c2ccc3c(c2)c2ccccc2n3-c2ccccc2)=C1)=C(\C=C/C)NC(c1ccc2oc3ccccc3c2c1)c1ccccc1N. The van der Waals surface area contributed by atoms with E-state index < -0.39 is 0 Å². The predicted octanol–water partition coefficient (Wildman–Crippen LogP) is 12.3. The Kier molecular flexibility index (Phi) is 9.12. The van der Waals surface area contributed by atoms with Crippen molar-refractivity contribution in [2.45, 2.75) is 25.8 Å². The molecule has 0 bridgehead atoms. The van der Waals surface area contributed by atoms with E-state index in [2.05, 4.69) is 156 Å². The molecule has 274 valence electrons. The maximum absolute atomic E-state index is 6.73. The lowest BCUT2D eigenvalue weighted by Crippen LogP contribution is -2.24. The first-order chi connectivity index (χ1) is 27.6. The average Bonchev–Trinajstić information content (AvgIpc) is 3.78. The van der Waals surface area contributed by atoms with Crippen LogP contribution in [-0.4, -0.2) is 11.6 Å². The Morgan fingerprint density at radius 3 is 2.29 bits per heavy atom. The average molecular weight is 729 g/mol. The summed E-state index contributed by atoms with van der Waals surface area (Å²) in [6, 6.07) is 48.7. The lowest BCUT2D eigenvalue weighted by Gasteiger charge is -2.27. The van der Waals surface area contributed by atoms with E-state index in [-0.39, 0.29) is 6.04 Å². The minimum atomic E-state index is -0.259. The summed E-state index contributed by atoms with van der Waals surface area (Å²) in [6.07, 6.45) is 10.3. The van der Waals surface area contributed by atoms with E-state index in [1.54, 1.807) is 0 Å². The summed E-state index contributed by atoms with van der Waals surface area (Å²) in [5.41, 5.74) is 21.6. The second kappa shape index (κ2) is 14.7. The van der Waals surface area contributed by atoms with Gasteiger partial charge in [-0.05, 0) is 103 Å².